The third-order valence-corrected chi connectivity index (χ3v) is 4.31. The van der Waals surface area contributed by atoms with E-state index in [2.05, 4.69) is 15.3 Å². The van der Waals surface area contributed by atoms with Crippen LogP contribution in [-0.4, -0.2) is 30.1 Å². The number of ether oxygens (including phenoxy) is 1. The Morgan fingerprint density at radius 1 is 1.38 bits per heavy atom. The third-order valence-electron chi connectivity index (χ3n) is 4.31. The summed E-state index contributed by atoms with van der Waals surface area (Å²) in [5, 5.41) is 3.78. The van der Waals surface area contributed by atoms with Gasteiger partial charge in [-0.15, -0.1) is 0 Å². The lowest BCUT2D eigenvalue weighted by atomic mass is 9.87. The first-order valence-corrected chi connectivity index (χ1v) is 8.29. The minimum Gasteiger partial charge on any atom is -0.464 e. The summed E-state index contributed by atoms with van der Waals surface area (Å²) in [4.78, 5) is 19.7. The van der Waals surface area contributed by atoms with Crippen LogP contribution in [0, 0.1) is 11.2 Å². The fourth-order valence-corrected chi connectivity index (χ4v) is 3.09. The molecule has 0 bridgehead atoms. The first-order valence-electron chi connectivity index (χ1n) is 8.29. The summed E-state index contributed by atoms with van der Waals surface area (Å²) in [5.74, 6) is -0.348. The van der Waals surface area contributed by atoms with Crippen LogP contribution in [0.2, 0.25) is 0 Å². The van der Waals surface area contributed by atoms with E-state index in [1.807, 2.05) is 20.8 Å². The van der Waals surface area contributed by atoms with E-state index in [1.54, 1.807) is 19.3 Å². The number of nitrogens with one attached hydrogen (secondary N) is 2. The van der Waals surface area contributed by atoms with Gasteiger partial charge in [-0.2, -0.15) is 0 Å². The second-order valence-electron chi connectivity index (χ2n) is 7.20. The molecule has 3 rings (SSSR count). The number of methoxy groups -OCH3 is 1. The van der Waals surface area contributed by atoms with Crippen LogP contribution in [0.5, 0.6) is 0 Å². The number of benzene rings is 1. The number of aromatic amines is 1. The van der Waals surface area contributed by atoms with Gasteiger partial charge in [0.15, 0.2) is 11.5 Å². The number of nitrogens with zero attached hydrogens (tertiary/aromatic N) is 1. The molecule has 2 heterocycles. The molecular weight excluding hydrogens is 337 g/mol. The predicted octanol–water partition coefficient (Wildman–Crippen LogP) is 4.06. The molecule has 0 unspecified atom stereocenters. The number of rotatable bonds is 4. The van der Waals surface area contributed by atoms with Crippen molar-refractivity contribution < 1.29 is 18.3 Å². The highest BCUT2D eigenvalue weighted by atomic mass is 19.1. The van der Waals surface area contributed by atoms with Crippen LogP contribution in [0.25, 0.3) is 22.2 Å². The zero-order valence-corrected chi connectivity index (χ0v) is 15.4. The van der Waals surface area contributed by atoms with E-state index in [4.69, 9.17) is 9.15 Å². The quantitative estimate of drug-likeness (QED) is 0.687. The Hall–Kier alpha value is -2.67. The summed E-state index contributed by atoms with van der Waals surface area (Å²) in [6.07, 6.45) is 1.67. The molecule has 2 N–H and O–H groups in total. The van der Waals surface area contributed by atoms with Gasteiger partial charge in [-0.1, -0.05) is 20.8 Å². The molecule has 6 nitrogen and oxygen atoms in total. The Bertz CT molecular complexity index is 953. The SMILES string of the molecule is CN[C@H](c1nc(C(=O)OC)c(-c2c[nH]c3ccc(F)cc23)o1)C(C)(C)C. The summed E-state index contributed by atoms with van der Waals surface area (Å²) in [6, 6.07) is 4.17. The number of aromatic nitrogens is 2. The largest absolute Gasteiger partial charge is 0.464 e. The molecule has 138 valence electrons. The predicted molar refractivity (Wildman–Crippen MR) is 96.3 cm³/mol. The van der Waals surface area contributed by atoms with Gasteiger partial charge in [0.05, 0.1) is 13.2 Å². The molecule has 7 heteroatoms. The maximum atomic E-state index is 13.7. The number of carbonyl (C=O) groups is 1. The van der Waals surface area contributed by atoms with Gasteiger partial charge < -0.3 is 19.5 Å². The highest BCUT2D eigenvalue weighted by molar-refractivity contribution is 6.01. The van der Waals surface area contributed by atoms with Gasteiger partial charge in [-0.3, -0.25) is 0 Å². The van der Waals surface area contributed by atoms with Gasteiger partial charge in [0.2, 0.25) is 5.89 Å². The average molecular weight is 359 g/mol. The van der Waals surface area contributed by atoms with Crippen molar-refractivity contribution in [2.45, 2.75) is 26.8 Å². The van der Waals surface area contributed by atoms with Crippen LogP contribution in [0.4, 0.5) is 4.39 Å². The lowest BCUT2D eigenvalue weighted by Crippen LogP contribution is -2.30. The topological polar surface area (TPSA) is 80.1 Å². The summed E-state index contributed by atoms with van der Waals surface area (Å²) >= 11 is 0. The fourth-order valence-electron chi connectivity index (χ4n) is 3.09. The van der Waals surface area contributed by atoms with Crippen molar-refractivity contribution in [3.63, 3.8) is 0 Å². The molecule has 0 radical (unpaired) electrons. The molecule has 1 aromatic carbocycles. The molecule has 2 aromatic heterocycles. The average Bonchev–Trinajstić information content (AvgIpc) is 3.17. The maximum Gasteiger partial charge on any atom is 0.360 e. The molecule has 0 saturated heterocycles. The number of oxazole rings is 1. The van der Waals surface area contributed by atoms with E-state index in [-0.39, 0.29) is 28.7 Å². The van der Waals surface area contributed by atoms with Crippen molar-refractivity contribution in [2.75, 3.05) is 14.2 Å². The molecule has 1 atom stereocenters. The first-order chi connectivity index (χ1) is 12.3. The van der Waals surface area contributed by atoms with Crippen LogP contribution < -0.4 is 5.32 Å². The van der Waals surface area contributed by atoms with Crippen molar-refractivity contribution >= 4 is 16.9 Å². The minimum absolute atomic E-state index is 0.0668. The molecule has 3 aromatic rings. The van der Waals surface area contributed by atoms with Crippen LogP contribution in [0.3, 0.4) is 0 Å². The van der Waals surface area contributed by atoms with E-state index in [0.29, 0.717) is 16.8 Å². The monoisotopic (exact) mass is 359 g/mol. The maximum absolute atomic E-state index is 13.7. The molecule has 0 fully saturated rings. The summed E-state index contributed by atoms with van der Waals surface area (Å²) in [5.41, 5.74) is 1.16. The summed E-state index contributed by atoms with van der Waals surface area (Å²) in [7, 11) is 3.09. The van der Waals surface area contributed by atoms with Crippen molar-refractivity contribution in [3.05, 3.63) is 41.8 Å². The Morgan fingerprint density at radius 2 is 2.12 bits per heavy atom. The Balaban J connectivity index is 2.22. The van der Waals surface area contributed by atoms with E-state index >= 15 is 0 Å². The lowest BCUT2D eigenvalue weighted by molar-refractivity contribution is 0.0595. The van der Waals surface area contributed by atoms with Gasteiger partial charge in [-0.25, -0.2) is 14.2 Å². The van der Waals surface area contributed by atoms with E-state index in [1.165, 1.54) is 19.2 Å². The summed E-state index contributed by atoms with van der Waals surface area (Å²) < 4.78 is 24.6. The number of halogens is 1. The van der Waals surface area contributed by atoms with Crippen molar-refractivity contribution in [3.8, 4) is 11.3 Å². The molecule has 26 heavy (non-hydrogen) atoms. The second kappa shape index (κ2) is 6.57. The van der Waals surface area contributed by atoms with E-state index < -0.39 is 5.97 Å². The van der Waals surface area contributed by atoms with E-state index in [0.717, 1.165) is 5.52 Å². The zero-order valence-electron chi connectivity index (χ0n) is 15.4. The second-order valence-corrected chi connectivity index (χ2v) is 7.20. The lowest BCUT2D eigenvalue weighted by Gasteiger charge is -2.27. The highest BCUT2D eigenvalue weighted by Crippen LogP contribution is 2.37. The molecule has 0 aliphatic rings. The fraction of sp³-hybridized carbons (Fsp3) is 0.368. The number of H-pyrrole nitrogens is 1. The van der Waals surface area contributed by atoms with Gasteiger partial charge in [-0.05, 0) is 30.7 Å². The van der Waals surface area contributed by atoms with Gasteiger partial charge in [0.1, 0.15) is 5.82 Å². The molecule has 0 aliphatic heterocycles. The summed E-state index contributed by atoms with van der Waals surface area (Å²) in [6.45, 7) is 6.12. The zero-order chi connectivity index (χ0) is 19.1. The van der Waals surface area contributed by atoms with Gasteiger partial charge in [0.25, 0.3) is 0 Å². The number of hydrogen-bond acceptors (Lipinski definition) is 5. The highest BCUT2D eigenvalue weighted by Gasteiger charge is 2.33. The van der Waals surface area contributed by atoms with Crippen molar-refractivity contribution in [1.29, 1.82) is 0 Å². The molecular formula is C19H22FN3O3. The minimum atomic E-state index is -0.607. The van der Waals surface area contributed by atoms with Gasteiger partial charge >= 0.3 is 5.97 Å². The van der Waals surface area contributed by atoms with Crippen LogP contribution in [-0.2, 0) is 4.74 Å². The van der Waals surface area contributed by atoms with Crippen LogP contribution in [0.1, 0.15) is 43.2 Å². The van der Waals surface area contributed by atoms with Crippen molar-refractivity contribution in [2.24, 2.45) is 5.41 Å². The van der Waals surface area contributed by atoms with Crippen LogP contribution >= 0.6 is 0 Å². The number of esters is 1. The Labute approximate surface area is 150 Å². The molecule has 0 aliphatic carbocycles. The van der Waals surface area contributed by atoms with Crippen molar-refractivity contribution in [1.82, 2.24) is 15.3 Å². The first kappa shape index (κ1) is 18.1. The standard InChI is InChI=1S/C19H22FN3O3/c1-19(2,3)16(21-4)17-23-14(18(24)25-5)15(26-17)12-9-22-13-7-6-10(20)8-11(12)13/h6-9,16,21-22H,1-5H3/t16-/m1/s1. The third kappa shape index (κ3) is 3.10. The smallest absolute Gasteiger partial charge is 0.360 e. The molecule has 0 saturated carbocycles. The Morgan fingerprint density at radius 3 is 2.73 bits per heavy atom. The Kier molecular flexibility index (Phi) is 4.58. The van der Waals surface area contributed by atoms with Gasteiger partial charge in [0, 0.05) is 22.7 Å². The number of carbonyl (C=O) groups excluding carboxylic acids is 1. The molecule has 0 spiro atoms. The van der Waals surface area contributed by atoms with E-state index in [9.17, 15) is 9.18 Å². The normalized spacial score (nSPS) is 13.2. The number of hydrogen-bond donors (Lipinski definition) is 2. The molecule has 0 amide bonds. The van der Waals surface area contributed by atoms with Crippen LogP contribution in [0.15, 0.2) is 28.8 Å². The number of fused-ring (bicyclic) bond motifs is 1.